The third kappa shape index (κ3) is 4.61. The van der Waals surface area contributed by atoms with E-state index in [-0.39, 0.29) is 15.6 Å². The van der Waals surface area contributed by atoms with E-state index in [2.05, 4.69) is 5.32 Å². The van der Waals surface area contributed by atoms with Crippen LogP contribution in [0.25, 0.3) is 0 Å². The molecule has 0 spiro atoms. The van der Waals surface area contributed by atoms with Crippen molar-refractivity contribution < 1.29 is 13.2 Å². The van der Waals surface area contributed by atoms with E-state index >= 15 is 0 Å². The maximum Gasteiger partial charge on any atom is 0.238 e. The second kappa shape index (κ2) is 7.13. The van der Waals surface area contributed by atoms with Crippen molar-refractivity contribution in [3.63, 3.8) is 0 Å². The molecule has 0 aliphatic heterocycles. The molecule has 0 heterocycles. The molecule has 1 rings (SSSR count). The van der Waals surface area contributed by atoms with Crippen LogP contribution in [0.3, 0.4) is 0 Å². The first kappa shape index (κ1) is 17.8. The molecule has 1 aromatic rings. The summed E-state index contributed by atoms with van der Waals surface area (Å²) in [6.07, 6.45) is 0.789. The minimum absolute atomic E-state index is 0.0845. The van der Waals surface area contributed by atoms with Gasteiger partial charge in [0, 0.05) is 11.6 Å². The van der Waals surface area contributed by atoms with E-state index in [1.54, 1.807) is 0 Å². The van der Waals surface area contributed by atoms with E-state index in [0.717, 1.165) is 6.42 Å². The Labute approximate surface area is 130 Å². The first-order valence-electron chi connectivity index (χ1n) is 6.73. The van der Waals surface area contributed by atoms with Gasteiger partial charge in [-0.25, -0.2) is 8.42 Å². The van der Waals surface area contributed by atoms with Gasteiger partial charge < -0.3 is 11.1 Å². The van der Waals surface area contributed by atoms with E-state index < -0.39 is 21.0 Å². The lowest BCUT2D eigenvalue weighted by Gasteiger charge is -2.15. The van der Waals surface area contributed by atoms with E-state index in [1.165, 1.54) is 25.1 Å². The standard InChI is InChI=1S/C14H21ClN2O3S/c1-9(2)6-7-17-14(18)10(3)21(19,20)13-8-11(15)4-5-12(13)16/h4-5,8-10H,6-7,16H2,1-3H3,(H,17,18). The van der Waals surface area contributed by atoms with Gasteiger partial charge in [-0.1, -0.05) is 25.4 Å². The summed E-state index contributed by atoms with van der Waals surface area (Å²) in [6.45, 7) is 5.85. The van der Waals surface area contributed by atoms with Gasteiger partial charge in [0.1, 0.15) is 5.25 Å². The van der Waals surface area contributed by atoms with Gasteiger partial charge in [0.05, 0.1) is 10.6 Å². The molecule has 1 aromatic carbocycles. The van der Waals surface area contributed by atoms with Crippen molar-refractivity contribution in [1.29, 1.82) is 0 Å². The number of carbonyl (C=O) groups is 1. The molecular weight excluding hydrogens is 312 g/mol. The molecule has 7 heteroatoms. The predicted molar refractivity (Wildman–Crippen MR) is 85.0 cm³/mol. The van der Waals surface area contributed by atoms with Crippen LogP contribution in [0.5, 0.6) is 0 Å². The summed E-state index contributed by atoms with van der Waals surface area (Å²) in [6, 6.07) is 4.19. The zero-order valence-electron chi connectivity index (χ0n) is 12.4. The van der Waals surface area contributed by atoms with Crippen LogP contribution in [0.1, 0.15) is 27.2 Å². The number of anilines is 1. The summed E-state index contributed by atoms with van der Waals surface area (Å²) in [5, 5.41) is 1.67. The molecule has 3 N–H and O–H groups in total. The molecule has 0 fully saturated rings. The van der Waals surface area contributed by atoms with Gasteiger partial charge in [0.15, 0.2) is 9.84 Å². The lowest BCUT2D eigenvalue weighted by atomic mass is 10.1. The van der Waals surface area contributed by atoms with Crippen LogP contribution in [-0.2, 0) is 14.6 Å². The normalized spacial score (nSPS) is 13.2. The highest BCUT2D eigenvalue weighted by Gasteiger charge is 2.31. The van der Waals surface area contributed by atoms with Crippen LogP contribution in [-0.4, -0.2) is 26.1 Å². The lowest BCUT2D eigenvalue weighted by molar-refractivity contribution is -0.120. The van der Waals surface area contributed by atoms with Crippen molar-refractivity contribution >= 4 is 33.0 Å². The highest BCUT2D eigenvalue weighted by Crippen LogP contribution is 2.26. The van der Waals surface area contributed by atoms with Crippen molar-refractivity contribution in [3.8, 4) is 0 Å². The molecule has 0 bridgehead atoms. The number of hydrogen-bond acceptors (Lipinski definition) is 4. The number of amides is 1. The number of halogens is 1. The minimum Gasteiger partial charge on any atom is -0.398 e. The number of carbonyl (C=O) groups excluding carboxylic acids is 1. The molecular formula is C14H21ClN2O3S. The zero-order valence-corrected chi connectivity index (χ0v) is 14.0. The largest absolute Gasteiger partial charge is 0.398 e. The second-order valence-electron chi connectivity index (χ2n) is 5.34. The average Bonchev–Trinajstić information content (AvgIpc) is 2.39. The van der Waals surface area contributed by atoms with Crippen molar-refractivity contribution in [2.75, 3.05) is 12.3 Å². The van der Waals surface area contributed by atoms with E-state index in [1.807, 2.05) is 13.8 Å². The van der Waals surface area contributed by atoms with Crippen LogP contribution in [0, 0.1) is 5.92 Å². The number of hydrogen-bond donors (Lipinski definition) is 2. The molecule has 0 aliphatic rings. The molecule has 0 saturated carbocycles. The number of nitrogens with one attached hydrogen (secondary N) is 1. The predicted octanol–water partition coefficient (Wildman–Crippen LogP) is 2.25. The smallest absolute Gasteiger partial charge is 0.238 e. The first-order valence-corrected chi connectivity index (χ1v) is 8.65. The third-order valence-corrected chi connectivity index (χ3v) is 5.48. The maximum absolute atomic E-state index is 12.4. The van der Waals surface area contributed by atoms with Crippen molar-refractivity contribution in [1.82, 2.24) is 5.32 Å². The monoisotopic (exact) mass is 332 g/mol. The Balaban J connectivity index is 2.91. The fraction of sp³-hybridized carbons (Fsp3) is 0.500. The maximum atomic E-state index is 12.4. The van der Waals surface area contributed by atoms with Gasteiger partial charge in [0.2, 0.25) is 5.91 Å². The van der Waals surface area contributed by atoms with E-state index in [9.17, 15) is 13.2 Å². The van der Waals surface area contributed by atoms with Crippen LogP contribution in [0.2, 0.25) is 5.02 Å². The molecule has 0 aromatic heterocycles. The summed E-state index contributed by atoms with van der Waals surface area (Å²) in [5.74, 6) is -0.101. The molecule has 21 heavy (non-hydrogen) atoms. The molecule has 0 aliphatic carbocycles. The number of rotatable bonds is 6. The van der Waals surface area contributed by atoms with Gasteiger partial charge >= 0.3 is 0 Å². The van der Waals surface area contributed by atoms with Crippen molar-refractivity contribution in [2.45, 2.75) is 37.3 Å². The van der Waals surface area contributed by atoms with E-state index in [4.69, 9.17) is 17.3 Å². The molecule has 1 atom stereocenters. The summed E-state index contributed by atoms with van der Waals surface area (Å²) < 4.78 is 24.9. The minimum atomic E-state index is -3.86. The zero-order chi connectivity index (χ0) is 16.2. The number of nitrogen functional groups attached to an aromatic ring is 1. The Hall–Kier alpha value is -1.27. The molecule has 1 amide bonds. The van der Waals surface area contributed by atoms with Crippen molar-refractivity contribution in [2.24, 2.45) is 5.92 Å². The van der Waals surface area contributed by atoms with Gasteiger partial charge in [-0.05, 0) is 37.5 Å². The third-order valence-electron chi connectivity index (χ3n) is 3.14. The van der Waals surface area contributed by atoms with E-state index in [0.29, 0.717) is 12.5 Å². The number of nitrogens with two attached hydrogens (primary N) is 1. The van der Waals surface area contributed by atoms with Crippen LogP contribution < -0.4 is 11.1 Å². The summed E-state index contributed by atoms with van der Waals surface area (Å²) in [7, 11) is -3.86. The quantitative estimate of drug-likeness (QED) is 0.782. The Morgan fingerprint density at radius 1 is 1.33 bits per heavy atom. The molecule has 118 valence electrons. The Kier molecular flexibility index (Phi) is 6.04. The van der Waals surface area contributed by atoms with Gasteiger partial charge in [-0.15, -0.1) is 0 Å². The first-order chi connectivity index (χ1) is 9.66. The topological polar surface area (TPSA) is 89.3 Å². The average molecular weight is 333 g/mol. The van der Waals surface area contributed by atoms with Crippen molar-refractivity contribution in [3.05, 3.63) is 23.2 Å². The Bertz CT molecular complexity index is 615. The SMILES string of the molecule is CC(C)CCNC(=O)C(C)S(=O)(=O)c1cc(Cl)ccc1N. The van der Waals surface area contributed by atoms with Gasteiger partial charge in [-0.3, -0.25) is 4.79 Å². The lowest BCUT2D eigenvalue weighted by Crippen LogP contribution is -2.38. The van der Waals surface area contributed by atoms with Crippen LogP contribution in [0.15, 0.2) is 23.1 Å². The Morgan fingerprint density at radius 2 is 1.95 bits per heavy atom. The second-order valence-corrected chi connectivity index (χ2v) is 8.02. The summed E-state index contributed by atoms with van der Waals surface area (Å²) >= 11 is 5.81. The van der Waals surface area contributed by atoms with Crippen LogP contribution >= 0.6 is 11.6 Å². The Morgan fingerprint density at radius 3 is 2.52 bits per heavy atom. The van der Waals surface area contributed by atoms with Gasteiger partial charge in [-0.2, -0.15) is 0 Å². The molecule has 0 radical (unpaired) electrons. The van der Waals surface area contributed by atoms with Crippen LogP contribution in [0.4, 0.5) is 5.69 Å². The fourth-order valence-corrected chi connectivity index (χ4v) is 3.38. The summed E-state index contributed by atoms with van der Waals surface area (Å²) in [5.41, 5.74) is 5.77. The fourth-order valence-electron chi connectivity index (χ4n) is 1.71. The highest BCUT2D eigenvalue weighted by molar-refractivity contribution is 7.93. The van der Waals surface area contributed by atoms with Gasteiger partial charge in [0.25, 0.3) is 0 Å². The number of benzene rings is 1. The molecule has 1 unspecified atom stereocenters. The molecule has 0 saturated heterocycles. The highest BCUT2D eigenvalue weighted by atomic mass is 35.5. The molecule has 5 nitrogen and oxygen atoms in total. The number of sulfone groups is 1. The summed E-state index contributed by atoms with van der Waals surface area (Å²) in [4.78, 5) is 11.9.